The highest BCUT2D eigenvalue weighted by Crippen LogP contribution is 2.23. The summed E-state index contributed by atoms with van der Waals surface area (Å²) in [6, 6.07) is 10.0. The second-order valence-electron chi connectivity index (χ2n) is 7.83. The molecule has 10 heteroatoms. The minimum Gasteiger partial charge on any atom is -0.655 e. The summed E-state index contributed by atoms with van der Waals surface area (Å²) in [7, 11) is 0. The van der Waals surface area contributed by atoms with E-state index in [-0.39, 0.29) is 18.1 Å². The minimum atomic E-state index is -4.26. The zero-order chi connectivity index (χ0) is 25.6. The molecule has 0 unspecified atom stereocenters. The van der Waals surface area contributed by atoms with E-state index in [9.17, 15) is 22.4 Å². The number of aromatic nitrogens is 3. The summed E-state index contributed by atoms with van der Waals surface area (Å²) in [5.41, 5.74) is 4.97. The zero-order valence-corrected chi connectivity index (χ0v) is 19.0. The molecule has 4 rings (SSSR count). The number of aromatic carboxylic acids is 1. The molecule has 0 saturated heterocycles. The summed E-state index contributed by atoms with van der Waals surface area (Å²) in [5, 5.41) is 13.2. The third-order valence-corrected chi connectivity index (χ3v) is 5.24. The molecule has 0 spiro atoms. The summed E-state index contributed by atoms with van der Waals surface area (Å²) >= 11 is 0. The lowest BCUT2D eigenvalue weighted by Crippen LogP contribution is -2.14. The van der Waals surface area contributed by atoms with Crippen LogP contribution in [0, 0.1) is 19.7 Å². The molecule has 184 valence electrons. The Labute approximate surface area is 199 Å². The quantitative estimate of drug-likeness (QED) is 0.249. The van der Waals surface area contributed by atoms with Gasteiger partial charge in [0.25, 0.3) is 0 Å². The van der Waals surface area contributed by atoms with Crippen molar-refractivity contribution in [3.8, 4) is 11.3 Å². The van der Waals surface area contributed by atoms with Gasteiger partial charge in [-0.05, 0) is 61.2 Å². The van der Waals surface area contributed by atoms with Crippen molar-refractivity contribution < 1.29 is 27.5 Å². The van der Waals surface area contributed by atoms with Crippen molar-refractivity contribution >= 4 is 16.9 Å². The van der Waals surface area contributed by atoms with Crippen LogP contribution in [0.25, 0.3) is 27.5 Å². The van der Waals surface area contributed by atoms with Crippen molar-refractivity contribution in [3.05, 3.63) is 88.5 Å². The molecule has 2 heterocycles. The van der Waals surface area contributed by atoms with Gasteiger partial charge < -0.3 is 15.4 Å². The maximum Gasteiger partial charge on any atom is 0.371 e. The van der Waals surface area contributed by atoms with Crippen molar-refractivity contribution in [1.82, 2.24) is 15.0 Å². The van der Waals surface area contributed by atoms with Gasteiger partial charge >= 0.3 is 12.1 Å². The van der Waals surface area contributed by atoms with Crippen LogP contribution in [-0.4, -0.2) is 45.3 Å². The van der Waals surface area contributed by atoms with Gasteiger partial charge in [0.1, 0.15) is 11.5 Å². The molecule has 0 amide bonds. The number of halogens is 4. The third-order valence-electron chi connectivity index (χ3n) is 5.24. The number of hydrogen-bond acceptors (Lipinski definition) is 3. The van der Waals surface area contributed by atoms with E-state index in [1.165, 1.54) is 24.5 Å². The van der Waals surface area contributed by atoms with E-state index >= 15 is 0 Å². The third kappa shape index (κ3) is 7.10. The molecule has 4 aromatic rings. The molecule has 0 fully saturated rings. The summed E-state index contributed by atoms with van der Waals surface area (Å²) < 4.78 is 48.7. The van der Waals surface area contributed by atoms with E-state index in [2.05, 4.69) is 20.3 Å². The van der Waals surface area contributed by atoms with Gasteiger partial charge in [0.15, 0.2) is 5.69 Å². The molecule has 0 aliphatic carbocycles. The number of benzene rings is 2. The second kappa shape index (κ2) is 11.1. The second-order valence-corrected chi connectivity index (χ2v) is 7.83. The Morgan fingerprint density at radius 2 is 1.80 bits per heavy atom. The van der Waals surface area contributed by atoms with Crippen molar-refractivity contribution in [3.63, 3.8) is 0 Å². The van der Waals surface area contributed by atoms with Crippen molar-refractivity contribution in [1.29, 1.82) is 0 Å². The van der Waals surface area contributed by atoms with Crippen LogP contribution < -0.4 is 0 Å². The smallest absolute Gasteiger partial charge is 0.371 e. The van der Waals surface area contributed by atoms with E-state index in [1.807, 2.05) is 32.0 Å². The van der Waals surface area contributed by atoms with Crippen LogP contribution in [0.5, 0.6) is 0 Å². The number of aromatic amines is 1. The number of fused-ring (bicyclic) bond motifs is 1. The highest BCUT2D eigenvalue weighted by molar-refractivity contribution is 5.92. The number of alkyl halides is 3. The van der Waals surface area contributed by atoms with Gasteiger partial charge in [-0.1, -0.05) is 18.7 Å². The lowest BCUT2D eigenvalue weighted by molar-refractivity contribution is -0.113. The molecular formula is C25H23F4N4O2-. The molecule has 6 nitrogen and oxygen atoms in total. The van der Waals surface area contributed by atoms with E-state index in [0.717, 1.165) is 27.8 Å². The minimum absolute atomic E-state index is 0.0178. The van der Waals surface area contributed by atoms with Crippen LogP contribution in [0.1, 0.15) is 27.2 Å². The lowest BCUT2D eigenvalue weighted by atomic mass is 10.0. The maximum absolute atomic E-state index is 13.1. The standard InChI is InChI=1S/C13H12N2O2.C12H11F4N2/c1-8-3-4-10(7-9(8)2)11-12(13(16)17)15-6-5-14-11;13-9-1-2-11-10(5-9)8(6-18-11)3-4-17-7-12(14,15)16/h3-7H,1-2H3,(H,16,17);1-2,5-6,18H,3-4,7H2/q;-1. The Morgan fingerprint density at radius 1 is 1.06 bits per heavy atom. The van der Waals surface area contributed by atoms with Crippen LogP contribution in [-0.2, 0) is 6.42 Å². The van der Waals surface area contributed by atoms with Gasteiger partial charge in [-0.2, -0.15) is 13.2 Å². The number of nitrogens with one attached hydrogen (secondary N) is 1. The average molecular weight is 487 g/mol. The SMILES string of the molecule is Cc1ccc(-c2nccnc2C(=O)O)cc1C.Fc1ccc2[nH]cc(CC[N-]CC(F)(F)F)c2c1. The van der Waals surface area contributed by atoms with Crippen molar-refractivity contribution in [2.75, 3.05) is 13.1 Å². The van der Waals surface area contributed by atoms with Gasteiger partial charge in [0.2, 0.25) is 0 Å². The molecule has 2 N–H and O–H groups in total. The fraction of sp³-hybridized carbons (Fsp3) is 0.240. The molecule has 2 aromatic heterocycles. The lowest BCUT2D eigenvalue weighted by Gasteiger charge is -2.20. The predicted octanol–water partition coefficient (Wildman–Crippen LogP) is 6.24. The molecule has 35 heavy (non-hydrogen) atoms. The molecular weight excluding hydrogens is 464 g/mol. The first-order chi connectivity index (χ1) is 16.5. The van der Waals surface area contributed by atoms with Gasteiger partial charge in [-0.3, -0.25) is 4.98 Å². The van der Waals surface area contributed by atoms with E-state index in [1.54, 1.807) is 12.3 Å². The Hall–Kier alpha value is -3.79. The number of H-pyrrole nitrogens is 1. The van der Waals surface area contributed by atoms with Crippen LogP contribution in [0.4, 0.5) is 17.6 Å². The number of carboxylic acid groups (broad SMARTS) is 1. The first-order valence-corrected chi connectivity index (χ1v) is 10.6. The van der Waals surface area contributed by atoms with Gasteiger partial charge in [0.05, 0.1) is 0 Å². The van der Waals surface area contributed by atoms with Crippen LogP contribution in [0.3, 0.4) is 0 Å². The Kier molecular flexibility index (Phi) is 8.18. The van der Waals surface area contributed by atoms with Crippen LogP contribution in [0.15, 0.2) is 55.0 Å². The Bertz CT molecular complexity index is 1320. The average Bonchev–Trinajstić information content (AvgIpc) is 3.20. The molecule has 2 aromatic carbocycles. The first kappa shape index (κ1) is 25.8. The predicted molar refractivity (Wildman–Crippen MR) is 125 cm³/mol. The van der Waals surface area contributed by atoms with Crippen LogP contribution in [0.2, 0.25) is 0 Å². The van der Waals surface area contributed by atoms with E-state index in [0.29, 0.717) is 17.5 Å². The van der Waals surface area contributed by atoms with Crippen molar-refractivity contribution in [2.24, 2.45) is 0 Å². The van der Waals surface area contributed by atoms with Gasteiger partial charge in [-0.15, -0.1) is 6.54 Å². The van der Waals surface area contributed by atoms with Crippen LogP contribution >= 0.6 is 0 Å². The summed E-state index contributed by atoms with van der Waals surface area (Å²) in [6.07, 6.45) is 0.657. The highest BCUT2D eigenvalue weighted by Gasteiger charge is 2.20. The number of nitrogens with zero attached hydrogens (tertiary/aromatic N) is 3. The Balaban J connectivity index is 0.000000196. The number of aryl methyl sites for hydroxylation is 2. The number of carboxylic acids is 1. The molecule has 0 bridgehead atoms. The number of carbonyl (C=O) groups is 1. The highest BCUT2D eigenvalue weighted by atomic mass is 19.4. The fourth-order valence-electron chi connectivity index (χ4n) is 3.36. The van der Waals surface area contributed by atoms with Gasteiger partial charge in [0, 0.05) is 35.1 Å². The van der Waals surface area contributed by atoms with E-state index in [4.69, 9.17) is 5.11 Å². The summed E-state index contributed by atoms with van der Waals surface area (Å²) in [6.45, 7) is 2.93. The largest absolute Gasteiger partial charge is 0.655 e. The number of hydrogen-bond donors (Lipinski definition) is 2. The molecule has 0 saturated carbocycles. The molecule has 0 aliphatic rings. The molecule has 0 radical (unpaired) electrons. The molecule has 0 atom stereocenters. The Morgan fingerprint density at radius 3 is 2.49 bits per heavy atom. The monoisotopic (exact) mass is 487 g/mol. The topological polar surface area (TPSA) is 93.0 Å². The van der Waals surface area contributed by atoms with Gasteiger partial charge in [-0.25, -0.2) is 14.2 Å². The fourth-order valence-corrected chi connectivity index (χ4v) is 3.36. The first-order valence-electron chi connectivity index (χ1n) is 10.6. The van der Waals surface area contributed by atoms with E-state index < -0.39 is 18.7 Å². The van der Waals surface area contributed by atoms with Crippen molar-refractivity contribution in [2.45, 2.75) is 26.4 Å². The zero-order valence-electron chi connectivity index (χ0n) is 19.0. The summed E-state index contributed by atoms with van der Waals surface area (Å²) in [5.74, 6) is -1.43. The summed E-state index contributed by atoms with van der Waals surface area (Å²) in [4.78, 5) is 21.9. The molecule has 0 aliphatic heterocycles. The normalized spacial score (nSPS) is 11.3. The number of rotatable bonds is 6. The maximum atomic E-state index is 13.1.